The van der Waals surface area contributed by atoms with E-state index in [1.165, 1.54) is 5.56 Å². The molecule has 0 saturated heterocycles. The van der Waals surface area contributed by atoms with Crippen LogP contribution in [-0.2, 0) is 25.9 Å². The molecule has 3 heteroatoms. The van der Waals surface area contributed by atoms with Crippen molar-refractivity contribution in [3.8, 4) is 22.6 Å². The minimum Gasteiger partial charge on any atom is -1.00 e. The molecule has 0 heterocycles. The van der Waals surface area contributed by atoms with E-state index in [-0.39, 0.29) is 30.2 Å². The topological polar surface area (TPSA) is 29.5 Å². The molecule has 1 N–H and O–H groups in total. The number of halogens is 1. The molecule has 0 fully saturated rings. The predicted octanol–water partition coefficient (Wildman–Crippen LogP) is 4.30. The van der Waals surface area contributed by atoms with Gasteiger partial charge >= 0.3 is 0 Å². The summed E-state index contributed by atoms with van der Waals surface area (Å²) < 4.78 is 6.11. The molecule has 0 aliphatic heterocycles. The molecule has 0 saturated carbocycles. The molecule has 0 amide bonds. The Labute approximate surface area is 197 Å². The van der Waals surface area contributed by atoms with Crippen molar-refractivity contribution in [2.45, 2.75) is 40.2 Å². The van der Waals surface area contributed by atoms with Gasteiger partial charge in [0.15, 0.2) is 0 Å². The highest BCUT2D eigenvalue weighted by Gasteiger charge is 2.10. The van der Waals surface area contributed by atoms with Crippen LogP contribution in [0.3, 0.4) is 0 Å². The zero-order chi connectivity index (χ0) is 20.6. The Hall–Kier alpha value is -2.78. The first-order valence-corrected chi connectivity index (χ1v) is 10.0. The number of phenols is 1. The minimum absolute atomic E-state index is 0. The third-order valence-electron chi connectivity index (χ3n) is 5.00. The second-order valence-corrected chi connectivity index (χ2v) is 7.12. The third kappa shape index (κ3) is 6.86. The highest BCUT2D eigenvalue weighted by Crippen LogP contribution is 2.34. The molecule has 164 valence electrons. The molecule has 0 aliphatic carbocycles. The van der Waals surface area contributed by atoms with E-state index in [0.717, 1.165) is 46.4 Å². The van der Waals surface area contributed by atoms with Crippen molar-refractivity contribution in [3.63, 3.8) is 0 Å². The maximum absolute atomic E-state index is 10.4. The molecule has 0 aliphatic rings. The fourth-order valence-electron chi connectivity index (χ4n) is 3.34. The van der Waals surface area contributed by atoms with Crippen LogP contribution in [0.1, 0.15) is 36.6 Å². The molecule has 0 aromatic heterocycles. The van der Waals surface area contributed by atoms with Crippen LogP contribution < -0.4 is 21.7 Å². The summed E-state index contributed by atoms with van der Waals surface area (Å²) in [5.41, 5.74) is 6.42. The Bertz CT molecular complexity index is 990. The Balaban J connectivity index is 0.00000240. The first-order valence-electron chi connectivity index (χ1n) is 10.0. The summed E-state index contributed by atoms with van der Waals surface area (Å²) >= 11 is 0. The van der Waals surface area contributed by atoms with E-state index in [0.29, 0.717) is 13.0 Å². The standard InChI is InChI=1S/C27H28O2.CH4.BrH/c1-4-7-21-13-15-26(28)25(17-21)23-14-16-27(24(18-23)8-5-2)29-19-22-11-9-20(6-3)10-12-22;;/h4-5,9-18,28H,1-2,6-8,19H2,3H3;1H4;1H/p-1. The van der Waals surface area contributed by atoms with Gasteiger partial charge in [-0.3, -0.25) is 0 Å². The van der Waals surface area contributed by atoms with Gasteiger partial charge in [-0.25, -0.2) is 0 Å². The average Bonchev–Trinajstić information content (AvgIpc) is 2.75. The van der Waals surface area contributed by atoms with Gasteiger partial charge in [-0.15, -0.1) is 13.2 Å². The van der Waals surface area contributed by atoms with E-state index in [9.17, 15) is 5.11 Å². The van der Waals surface area contributed by atoms with Crippen molar-refractivity contribution in [1.82, 2.24) is 0 Å². The summed E-state index contributed by atoms with van der Waals surface area (Å²) in [7, 11) is 0. The fourth-order valence-corrected chi connectivity index (χ4v) is 3.34. The molecular formula is C28H32BrO2-. The SMILES string of the molecule is C.C=CCc1ccc(O)c(-c2ccc(OCc3ccc(CC)cc3)c(CC=C)c2)c1.[Br-]. The van der Waals surface area contributed by atoms with E-state index in [4.69, 9.17) is 4.74 Å². The molecule has 0 spiro atoms. The van der Waals surface area contributed by atoms with Crippen molar-refractivity contribution < 1.29 is 26.8 Å². The number of hydrogen-bond donors (Lipinski definition) is 1. The molecule has 0 atom stereocenters. The lowest BCUT2D eigenvalue weighted by molar-refractivity contribution is -0.00000757. The molecule has 0 unspecified atom stereocenters. The number of allylic oxidation sites excluding steroid dienone is 2. The second-order valence-electron chi connectivity index (χ2n) is 7.12. The van der Waals surface area contributed by atoms with Crippen molar-refractivity contribution in [1.29, 1.82) is 0 Å². The van der Waals surface area contributed by atoms with Crippen molar-refractivity contribution in [3.05, 3.63) is 108 Å². The lowest BCUT2D eigenvalue weighted by Gasteiger charge is -2.14. The van der Waals surface area contributed by atoms with Gasteiger partial charge in [0, 0.05) is 5.56 Å². The van der Waals surface area contributed by atoms with Crippen LogP contribution in [-0.4, -0.2) is 5.11 Å². The first kappa shape index (κ1) is 26.3. The van der Waals surface area contributed by atoms with Crippen LogP contribution in [0, 0.1) is 0 Å². The summed E-state index contributed by atoms with van der Waals surface area (Å²) in [4.78, 5) is 0. The van der Waals surface area contributed by atoms with Crippen LogP contribution in [0.4, 0.5) is 0 Å². The monoisotopic (exact) mass is 479 g/mol. The first-order chi connectivity index (χ1) is 14.1. The van der Waals surface area contributed by atoms with Crippen molar-refractivity contribution in [2.75, 3.05) is 0 Å². The van der Waals surface area contributed by atoms with Gasteiger partial charge in [0.2, 0.25) is 0 Å². The van der Waals surface area contributed by atoms with Crippen molar-refractivity contribution in [2.24, 2.45) is 0 Å². The van der Waals surface area contributed by atoms with E-state index >= 15 is 0 Å². The number of hydrogen-bond acceptors (Lipinski definition) is 2. The smallest absolute Gasteiger partial charge is 0.123 e. The Morgan fingerprint density at radius 1 is 0.839 bits per heavy atom. The maximum atomic E-state index is 10.4. The molecule has 3 aromatic carbocycles. The van der Waals surface area contributed by atoms with Gasteiger partial charge < -0.3 is 26.8 Å². The van der Waals surface area contributed by atoms with E-state index in [1.54, 1.807) is 6.07 Å². The summed E-state index contributed by atoms with van der Waals surface area (Å²) in [5.74, 6) is 1.11. The number of rotatable bonds is 9. The number of benzene rings is 3. The van der Waals surface area contributed by atoms with Gasteiger partial charge in [0.25, 0.3) is 0 Å². The van der Waals surface area contributed by atoms with Crippen molar-refractivity contribution >= 4 is 0 Å². The molecule has 31 heavy (non-hydrogen) atoms. The summed E-state index contributed by atoms with van der Waals surface area (Å²) in [6, 6.07) is 20.2. The van der Waals surface area contributed by atoms with Crippen LogP contribution >= 0.6 is 0 Å². The largest absolute Gasteiger partial charge is 1.00 e. The van der Waals surface area contributed by atoms with E-state index < -0.39 is 0 Å². The molecule has 3 rings (SSSR count). The normalized spacial score (nSPS) is 9.84. The zero-order valence-corrected chi connectivity index (χ0v) is 19.0. The van der Waals surface area contributed by atoms with Gasteiger partial charge in [-0.05, 0) is 71.3 Å². The van der Waals surface area contributed by atoms with Gasteiger partial charge in [0.1, 0.15) is 18.1 Å². The van der Waals surface area contributed by atoms with Crippen LogP contribution in [0.25, 0.3) is 11.1 Å². The molecule has 0 bridgehead atoms. The van der Waals surface area contributed by atoms with E-state index in [2.05, 4.69) is 50.4 Å². The third-order valence-corrected chi connectivity index (χ3v) is 5.00. The number of aryl methyl sites for hydroxylation is 1. The Morgan fingerprint density at radius 2 is 1.48 bits per heavy atom. The summed E-state index contributed by atoms with van der Waals surface area (Å²) in [6.45, 7) is 10.3. The summed E-state index contributed by atoms with van der Waals surface area (Å²) in [6.07, 6.45) is 6.24. The van der Waals surface area contributed by atoms with Crippen LogP contribution in [0.2, 0.25) is 0 Å². The Morgan fingerprint density at radius 3 is 2.13 bits per heavy atom. The van der Waals surface area contributed by atoms with Gasteiger partial charge in [-0.2, -0.15) is 0 Å². The molecule has 0 radical (unpaired) electrons. The number of aromatic hydroxyl groups is 1. The second kappa shape index (κ2) is 12.8. The summed E-state index contributed by atoms with van der Waals surface area (Å²) in [5, 5.41) is 10.4. The van der Waals surface area contributed by atoms with E-state index in [1.807, 2.05) is 36.4 Å². The predicted molar refractivity (Wildman–Crippen MR) is 128 cm³/mol. The quantitative estimate of drug-likeness (QED) is 0.463. The number of ether oxygens (including phenoxy) is 1. The number of phenolic OH excluding ortho intramolecular Hbond substituents is 1. The highest BCUT2D eigenvalue weighted by molar-refractivity contribution is 5.72. The minimum atomic E-state index is 0. The van der Waals surface area contributed by atoms with Crippen LogP contribution in [0.5, 0.6) is 11.5 Å². The average molecular weight is 480 g/mol. The van der Waals surface area contributed by atoms with Gasteiger partial charge in [0.05, 0.1) is 0 Å². The molecule has 2 nitrogen and oxygen atoms in total. The fraction of sp³-hybridized carbons (Fsp3) is 0.214. The molecular weight excluding hydrogens is 448 g/mol. The Kier molecular flexibility index (Phi) is 10.8. The lowest BCUT2D eigenvalue weighted by atomic mass is 9.97. The van der Waals surface area contributed by atoms with Crippen LogP contribution in [0.15, 0.2) is 86.0 Å². The molecule has 3 aromatic rings. The lowest BCUT2D eigenvalue weighted by Crippen LogP contribution is -3.00. The maximum Gasteiger partial charge on any atom is 0.123 e. The highest BCUT2D eigenvalue weighted by atomic mass is 79.9. The van der Waals surface area contributed by atoms with Gasteiger partial charge in [-0.1, -0.05) is 62.9 Å². The zero-order valence-electron chi connectivity index (χ0n) is 17.4.